The van der Waals surface area contributed by atoms with Gasteiger partial charge in [-0.2, -0.15) is 0 Å². The number of sulfonamides is 1. The number of aromatic carboxylic acids is 1. The third kappa shape index (κ3) is 5.01. The van der Waals surface area contributed by atoms with Gasteiger partial charge in [0.1, 0.15) is 11.3 Å². The molecule has 0 atom stereocenters. The molecule has 0 heterocycles. The molecule has 0 aromatic heterocycles. The minimum atomic E-state index is -3.78. The maximum absolute atomic E-state index is 12.6. The first-order valence-corrected chi connectivity index (χ1v) is 10.6. The molecular formula is C22H20N2O6S. The van der Waals surface area contributed by atoms with E-state index in [1.165, 1.54) is 42.5 Å². The van der Waals surface area contributed by atoms with E-state index in [2.05, 4.69) is 10.0 Å². The number of rotatable bonds is 6. The van der Waals surface area contributed by atoms with Crippen molar-refractivity contribution >= 4 is 33.3 Å². The zero-order valence-electron chi connectivity index (χ0n) is 16.7. The Morgan fingerprint density at radius 1 is 0.903 bits per heavy atom. The van der Waals surface area contributed by atoms with Gasteiger partial charge >= 0.3 is 5.97 Å². The number of amides is 1. The minimum Gasteiger partial charge on any atom is -0.507 e. The molecule has 9 heteroatoms. The zero-order chi connectivity index (χ0) is 22.8. The van der Waals surface area contributed by atoms with Gasteiger partial charge in [-0.25, -0.2) is 13.2 Å². The molecule has 160 valence electrons. The topological polar surface area (TPSA) is 133 Å². The van der Waals surface area contributed by atoms with E-state index in [1.807, 2.05) is 6.92 Å². The lowest BCUT2D eigenvalue weighted by molar-refractivity contribution is 0.0693. The van der Waals surface area contributed by atoms with Gasteiger partial charge in [0.15, 0.2) is 0 Å². The van der Waals surface area contributed by atoms with Crippen molar-refractivity contribution in [3.05, 3.63) is 82.9 Å². The maximum Gasteiger partial charge on any atom is 0.339 e. The summed E-state index contributed by atoms with van der Waals surface area (Å²) in [5.74, 6) is -2.25. The molecule has 31 heavy (non-hydrogen) atoms. The fourth-order valence-electron chi connectivity index (χ4n) is 2.83. The van der Waals surface area contributed by atoms with Crippen molar-refractivity contribution in [2.75, 3.05) is 10.0 Å². The number of carbonyl (C=O) groups is 2. The third-order valence-electron chi connectivity index (χ3n) is 4.55. The van der Waals surface area contributed by atoms with Crippen LogP contribution < -0.4 is 10.0 Å². The van der Waals surface area contributed by atoms with Gasteiger partial charge in [0.25, 0.3) is 15.9 Å². The lowest BCUT2D eigenvalue weighted by Crippen LogP contribution is -2.15. The Labute approximate surface area is 179 Å². The van der Waals surface area contributed by atoms with Crippen LogP contribution in [-0.2, 0) is 10.0 Å². The van der Waals surface area contributed by atoms with E-state index >= 15 is 0 Å². The summed E-state index contributed by atoms with van der Waals surface area (Å²) < 4.78 is 27.7. The van der Waals surface area contributed by atoms with Crippen molar-refractivity contribution in [1.29, 1.82) is 0 Å². The predicted molar refractivity (Wildman–Crippen MR) is 116 cm³/mol. The van der Waals surface area contributed by atoms with Crippen LogP contribution in [-0.4, -0.2) is 30.5 Å². The van der Waals surface area contributed by atoms with Crippen molar-refractivity contribution in [1.82, 2.24) is 0 Å². The summed E-state index contributed by atoms with van der Waals surface area (Å²) in [6, 6.07) is 14.6. The van der Waals surface area contributed by atoms with Crippen LogP contribution in [0.25, 0.3) is 0 Å². The second-order valence-electron chi connectivity index (χ2n) is 6.94. The van der Waals surface area contributed by atoms with Gasteiger partial charge in [-0.15, -0.1) is 0 Å². The summed E-state index contributed by atoms with van der Waals surface area (Å²) in [6.07, 6.45) is 0. The zero-order valence-corrected chi connectivity index (χ0v) is 17.5. The molecule has 0 aliphatic rings. The second-order valence-corrected chi connectivity index (χ2v) is 8.62. The molecule has 0 spiro atoms. The molecule has 0 radical (unpaired) electrons. The van der Waals surface area contributed by atoms with Gasteiger partial charge < -0.3 is 15.5 Å². The normalized spacial score (nSPS) is 11.0. The number of phenols is 1. The number of carbonyl (C=O) groups excluding carboxylic acids is 1. The van der Waals surface area contributed by atoms with Crippen LogP contribution in [0, 0.1) is 13.8 Å². The highest BCUT2D eigenvalue weighted by molar-refractivity contribution is 7.92. The summed E-state index contributed by atoms with van der Waals surface area (Å²) in [4.78, 5) is 23.8. The molecule has 8 nitrogen and oxygen atoms in total. The second kappa shape index (κ2) is 8.49. The molecule has 0 bridgehead atoms. The summed E-state index contributed by atoms with van der Waals surface area (Å²) in [7, 11) is -3.78. The molecule has 0 saturated heterocycles. The standard InChI is InChI=1S/C22H20N2O6S/c1-13-3-7-17(8-4-13)31(29,30)24-19-9-5-15(11-14(19)2)21(26)23-16-6-10-20(25)18(12-16)22(27)28/h3-12,24-25H,1-2H3,(H,23,26)(H,27,28). The highest BCUT2D eigenvalue weighted by atomic mass is 32.2. The average molecular weight is 440 g/mol. The molecule has 0 unspecified atom stereocenters. The van der Waals surface area contributed by atoms with E-state index in [9.17, 15) is 23.1 Å². The SMILES string of the molecule is Cc1ccc(S(=O)(=O)Nc2ccc(C(=O)Nc3ccc(O)c(C(=O)O)c3)cc2C)cc1. The predicted octanol–water partition coefficient (Wildman–Crippen LogP) is 3.76. The van der Waals surface area contributed by atoms with Crippen molar-refractivity contribution < 1.29 is 28.2 Å². The van der Waals surface area contributed by atoms with Crippen molar-refractivity contribution in [2.24, 2.45) is 0 Å². The van der Waals surface area contributed by atoms with Crippen molar-refractivity contribution in [3.63, 3.8) is 0 Å². The van der Waals surface area contributed by atoms with Crippen LogP contribution in [0.1, 0.15) is 31.8 Å². The Morgan fingerprint density at radius 2 is 1.58 bits per heavy atom. The van der Waals surface area contributed by atoms with E-state index in [0.717, 1.165) is 11.6 Å². The summed E-state index contributed by atoms with van der Waals surface area (Å²) in [5.41, 5.74) is 1.90. The third-order valence-corrected chi connectivity index (χ3v) is 5.93. The van der Waals surface area contributed by atoms with Gasteiger partial charge in [-0.1, -0.05) is 17.7 Å². The molecule has 0 saturated carbocycles. The molecule has 0 fully saturated rings. The van der Waals surface area contributed by atoms with Crippen molar-refractivity contribution in [3.8, 4) is 5.75 Å². The summed E-state index contributed by atoms with van der Waals surface area (Å²) >= 11 is 0. The molecule has 1 amide bonds. The minimum absolute atomic E-state index is 0.126. The molecular weight excluding hydrogens is 420 g/mol. The monoisotopic (exact) mass is 440 g/mol. The van der Waals surface area contributed by atoms with Gasteiger partial charge in [0, 0.05) is 11.3 Å². The molecule has 3 aromatic rings. The number of benzene rings is 3. The van der Waals surface area contributed by atoms with Gasteiger partial charge in [-0.3, -0.25) is 9.52 Å². The Hall–Kier alpha value is -3.85. The summed E-state index contributed by atoms with van der Waals surface area (Å²) in [6.45, 7) is 3.52. The largest absolute Gasteiger partial charge is 0.507 e. The highest BCUT2D eigenvalue weighted by Gasteiger charge is 2.17. The van der Waals surface area contributed by atoms with Gasteiger partial charge in [-0.05, 0) is 67.9 Å². The van der Waals surface area contributed by atoms with E-state index in [-0.39, 0.29) is 21.7 Å². The summed E-state index contributed by atoms with van der Waals surface area (Å²) in [5, 5.41) is 21.2. The highest BCUT2D eigenvalue weighted by Crippen LogP contribution is 2.24. The first-order valence-electron chi connectivity index (χ1n) is 9.14. The van der Waals surface area contributed by atoms with Gasteiger partial charge in [0.2, 0.25) is 0 Å². The number of anilines is 2. The van der Waals surface area contributed by atoms with Crippen LogP contribution >= 0.6 is 0 Å². The molecule has 4 N–H and O–H groups in total. The number of carboxylic acids is 1. The Morgan fingerprint density at radius 3 is 2.19 bits per heavy atom. The quantitative estimate of drug-likeness (QED) is 0.432. The number of aromatic hydroxyl groups is 1. The van der Waals surface area contributed by atoms with Crippen LogP contribution in [0.4, 0.5) is 11.4 Å². The smallest absolute Gasteiger partial charge is 0.339 e. The molecule has 0 aliphatic carbocycles. The molecule has 3 rings (SSSR count). The first-order chi connectivity index (χ1) is 14.6. The van der Waals surface area contributed by atoms with E-state index < -0.39 is 27.6 Å². The number of aryl methyl sites for hydroxylation is 2. The van der Waals surface area contributed by atoms with Gasteiger partial charge in [0.05, 0.1) is 10.6 Å². The Balaban J connectivity index is 1.79. The van der Waals surface area contributed by atoms with Crippen LogP contribution in [0.3, 0.4) is 0 Å². The van der Waals surface area contributed by atoms with E-state index in [1.54, 1.807) is 19.1 Å². The number of nitrogens with one attached hydrogen (secondary N) is 2. The Bertz CT molecular complexity index is 1270. The number of hydrogen-bond acceptors (Lipinski definition) is 5. The lowest BCUT2D eigenvalue weighted by atomic mass is 10.1. The Kier molecular flexibility index (Phi) is 5.98. The average Bonchev–Trinajstić information content (AvgIpc) is 2.71. The van der Waals surface area contributed by atoms with E-state index in [0.29, 0.717) is 11.3 Å². The fourth-order valence-corrected chi connectivity index (χ4v) is 3.96. The van der Waals surface area contributed by atoms with Crippen LogP contribution in [0.2, 0.25) is 0 Å². The number of hydrogen-bond donors (Lipinski definition) is 4. The van der Waals surface area contributed by atoms with E-state index in [4.69, 9.17) is 5.11 Å². The number of carboxylic acid groups (broad SMARTS) is 1. The van der Waals surface area contributed by atoms with Crippen LogP contribution in [0.15, 0.2) is 65.6 Å². The van der Waals surface area contributed by atoms with Crippen LogP contribution in [0.5, 0.6) is 5.75 Å². The molecule has 3 aromatic carbocycles. The lowest BCUT2D eigenvalue weighted by Gasteiger charge is -2.13. The fraction of sp³-hybridized carbons (Fsp3) is 0.0909. The maximum atomic E-state index is 12.6. The first kappa shape index (κ1) is 21.8. The van der Waals surface area contributed by atoms with Crippen molar-refractivity contribution in [2.45, 2.75) is 18.7 Å². The molecule has 0 aliphatic heterocycles.